The third-order valence-electron chi connectivity index (χ3n) is 15.0. The van der Waals surface area contributed by atoms with Crippen LogP contribution >= 0.6 is 15.6 Å². The van der Waals surface area contributed by atoms with Gasteiger partial charge in [-0.05, 0) is 128 Å². The van der Waals surface area contributed by atoms with Crippen molar-refractivity contribution in [2.45, 2.75) is 290 Å². The molecule has 0 bridgehead atoms. The summed E-state index contributed by atoms with van der Waals surface area (Å²) in [5.41, 5.74) is 0. The highest BCUT2D eigenvalue weighted by atomic mass is 31.2. The molecule has 0 spiro atoms. The minimum atomic E-state index is -5.00. The van der Waals surface area contributed by atoms with E-state index in [0.29, 0.717) is 38.5 Å². The highest BCUT2D eigenvalue weighted by molar-refractivity contribution is 7.47. The lowest BCUT2D eigenvalue weighted by Gasteiger charge is -2.21. The van der Waals surface area contributed by atoms with Crippen molar-refractivity contribution >= 4 is 39.5 Å². The highest BCUT2D eigenvalue weighted by Crippen LogP contribution is 2.45. The van der Waals surface area contributed by atoms with E-state index in [4.69, 9.17) is 37.0 Å². The Morgan fingerprint density at radius 2 is 0.570 bits per heavy atom. The predicted octanol–water partition coefficient (Wildman–Crippen LogP) is 21.7. The van der Waals surface area contributed by atoms with Gasteiger partial charge in [0.15, 0.2) is 12.2 Å². The van der Waals surface area contributed by atoms with Crippen molar-refractivity contribution in [2.75, 3.05) is 39.6 Å². The van der Waals surface area contributed by atoms with Crippen LogP contribution in [-0.4, -0.2) is 96.7 Å². The fourth-order valence-electron chi connectivity index (χ4n) is 9.32. The Morgan fingerprint density at radius 3 is 0.930 bits per heavy atom. The highest BCUT2D eigenvalue weighted by Gasteiger charge is 2.30. The first-order valence-electron chi connectivity index (χ1n) is 37.7. The Kier molecular flexibility index (Phi) is 68.2. The second-order valence-electron chi connectivity index (χ2n) is 24.5. The van der Waals surface area contributed by atoms with Crippen LogP contribution in [0.2, 0.25) is 0 Å². The van der Waals surface area contributed by atoms with E-state index in [1.165, 1.54) is 38.5 Å². The number of allylic oxidation sites excluding steroid dienone is 26. The minimum absolute atomic E-state index is 0.0321. The van der Waals surface area contributed by atoms with Gasteiger partial charge in [0.05, 0.1) is 26.4 Å². The summed E-state index contributed by atoms with van der Waals surface area (Å²) in [5.74, 6) is -2.37. The van der Waals surface area contributed by atoms with Gasteiger partial charge >= 0.3 is 39.5 Å². The van der Waals surface area contributed by atoms with Crippen molar-refractivity contribution < 1.29 is 80.2 Å². The molecule has 568 valence electrons. The lowest BCUT2D eigenvalue weighted by atomic mass is 10.1. The fraction of sp³-hybridized carbons (Fsp3) is 0.630. The molecule has 0 aliphatic rings. The monoisotopic (exact) mass is 1440 g/mol. The largest absolute Gasteiger partial charge is 0.472 e. The number of hydrogen-bond acceptors (Lipinski definition) is 15. The Labute approximate surface area is 604 Å². The van der Waals surface area contributed by atoms with Crippen LogP contribution in [0.15, 0.2) is 158 Å². The van der Waals surface area contributed by atoms with E-state index < -0.39 is 97.5 Å². The number of carbonyl (C=O) groups is 4. The third kappa shape index (κ3) is 71.1. The molecular weight excluding hydrogens is 1310 g/mol. The van der Waals surface area contributed by atoms with Crippen LogP contribution in [0.4, 0.5) is 0 Å². The van der Waals surface area contributed by atoms with Crippen molar-refractivity contribution in [3.63, 3.8) is 0 Å². The average Bonchev–Trinajstić information content (AvgIpc) is 1.02. The Balaban J connectivity index is 5.44. The SMILES string of the molecule is CC/C=C\C/C=C\C/C=C\C/C=C\C/C=C\C/C=C\CCC(=O)OCC(COP(=O)(O)OCC(O)COP(=O)(O)OCC(COC(=O)CCC/C=C\C/C=C\C/C=C\C/C=C\C/C=C\CC)OC(=O)CCCCCCC/C=C\C/C=C\CCC)OC(=O)CCCCCCCCCCCCC. The molecule has 0 aromatic carbocycles. The van der Waals surface area contributed by atoms with Gasteiger partial charge in [-0.25, -0.2) is 9.13 Å². The number of aliphatic hydroxyl groups excluding tert-OH is 1. The van der Waals surface area contributed by atoms with Gasteiger partial charge in [0, 0.05) is 25.7 Å². The van der Waals surface area contributed by atoms with Gasteiger partial charge in [-0.15, -0.1) is 0 Å². The van der Waals surface area contributed by atoms with Crippen LogP contribution < -0.4 is 0 Å². The van der Waals surface area contributed by atoms with Crippen molar-refractivity contribution in [2.24, 2.45) is 0 Å². The van der Waals surface area contributed by atoms with E-state index in [0.717, 1.165) is 141 Å². The summed E-state index contributed by atoms with van der Waals surface area (Å²) in [6.45, 7) is 4.38. The molecule has 3 N–H and O–H groups in total. The molecule has 0 rings (SSSR count). The maximum Gasteiger partial charge on any atom is 0.472 e. The molecule has 17 nitrogen and oxygen atoms in total. The topological polar surface area (TPSA) is 237 Å². The first kappa shape index (κ1) is 94.7. The number of aliphatic hydroxyl groups is 1. The van der Waals surface area contributed by atoms with Crippen molar-refractivity contribution in [3.8, 4) is 0 Å². The number of carbonyl (C=O) groups excluding carboxylic acids is 4. The summed E-state index contributed by atoms with van der Waals surface area (Å²) in [4.78, 5) is 72.7. The third-order valence-corrected chi connectivity index (χ3v) is 16.9. The van der Waals surface area contributed by atoms with Crippen LogP contribution in [0, 0.1) is 0 Å². The van der Waals surface area contributed by atoms with Crippen LogP contribution in [0.25, 0.3) is 0 Å². The minimum Gasteiger partial charge on any atom is -0.462 e. The van der Waals surface area contributed by atoms with Crippen LogP contribution in [0.3, 0.4) is 0 Å². The first-order chi connectivity index (χ1) is 48.7. The van der Waals surface area contributed by atoms with Gasteiger partial charge in [0.2, 0.25) is 0 Å². The Bertz CT molecular complexity index is 2520. The summed E-state index contributed by atoms with van der Waals surface area (Å²) in [6.07, 6.45) is 82.7. The molecule has 5 unspecified atom stereocenters. The lowest BCUT2D eigenvalue weighted by Crippen LogP contribution is -2.30. The van der Waals surface area contributed by atoms with Gasteiger partial charge in [-0.1, -0.05) is 276 Å². The molecule has 0 heterocycles. The quantitative estimate of drug-likeness (QED) is 0.0169. The molecule has 0 saturated heterocycles. The van der Waals surface area contributed by atoms with Gasteiger partial charge < -0.3 is 33.8 Å². The smallest absolute Gasteiger partial charge is 0.462 e. The first-order valence-corrected chi connectivity index (χ1v) is 40.7. The van der Waals surface area contributed by atoms with Crippen LogP contribution in [-0.2, 0) is 65.4 Å². The molecular formula is C81H132O17P2. The number of phosphoric acid groups is 2. The molecule has 0 aromatic rings. The maximum atomic E-state index is 13.1. The fourth-order valence-corrected chi connectivity index (χ4v) is 10.9. The standard InChI is InChI=1S/C81H132O17P2/c1-5-9-13-17-21-25-29-32-34-36-37-39-41-44-47-50-54-58-62-66-78(83)91-71-76(97-80(85)67-63-59-55-51-45-28-24-20-16-12-8-4)73-95-99(87,88)93-69-75(82)70-94-100(89,90)96-74-77(98-81(86)68-64-60-56-52-48-42-31-27-23-19-15-11-7-3)72-92-79(84)65-61-57-53-49-46-43-40-38-35-33-30-26-22-18-14-10-6-2/h9-10,13-15,19,21-22,25-27,31-35,37,39-40,43-44,47,49,53-54,58,75-77,82H,5-8,11-12,16-18,20,23-24,28-30,36,38,41-42,45-46,48,50-52,55-57,59-74H2,1-4H3,(H,87,88)(H,89,90)/b13-9-,14-10-,19-15-,25-21-,26-22-,31-27-,34-32-,35-33-,39-37-,43-40-,47-44-,53-49-,58-54-. The lowest BCUT2D eigenvalue weighted by molar-refractivity contribution is -0.161. The number of esters is 4. The van der Waals surface area contributed by atoms with E-state index in [-0.39, 0.29) is 25.7 Å². The number of phosphoric ester groups is 2. The molecule has 0 amide bonds. The average molecular weight is 1440 g/mol. The normalized spacial score (nSPS) is 14.8. The summed E-state index contributed by atoms with van der Waals surface area (Å²) < 4.78 is 68.2. The molecule has 0 saturated carbocycles. The van der Waals surface area contributed by atoms with Crippen LogP contribution in [0.5, 0.6) is 0 Å². The summed E-state index contributed by atoms with van der Waals surface area (Å²) in [6, 6.07) is 0. The predicted molar refractivity (Wildman–Crippen MR) is 408 cm³/mol. The molecule has 0 fully saturated rings. The van der Waals surface area contributed by atoms with E-state index in [1.54, 1.807) is 0 Å². The van der Waals surface area contributed by atoms with Crippen molar-refractivity contribution in [1.82, 2.24) is 0 Å². The number of hydrogen-bond donors (Lipinski definition) is 3. The second kappa shape index (κ2) is 72.0. The number of ether oxygens (including phenoxy) is 4. The zero-order chi connectivity index (χ0) is 73.2. The molecule has 0 aromatic heterocycles. The van der Waals surface area contributed by atoms with E-state index >= 15 is 0 Å². The van der Waals surface area contributed by atoms with Gasteiger partial charge in [0.1, 0.15) is 19.3 Å². The van der Waals surface area contributed by atoms with Crippen molar-refractivity contribution in [1.29, 1.82) is 0 Å². The zero-order valence-corrected chi connectivity index (χ0v) is 63.6. The molecule has 0 aliphatic heterocycles. The zero-order valence-electron chi connectivity index (χ0n) is 61.8. The number of unbranched alkanes of at least 4 members (excludes halogenated alkanes) is 17. The van der Waals surface area contributed by atoms with Crippen LogP contribution in [0.1, 0.15) is 272 Å². The van der Waals surface area contributed by atoms with Gasteiger partial charge in [-0.2, -0.15) is 0 Å². The molecule has 100 heavy (non-hydrogen) atoms. The Hall–Kier alpha value is -5.32. The molecule has 5 atom stereocenters. The molecule has 19 heteroatoms. The maximum absolute atomic E-state index is 13.1. The second-order valence-corrected chi connectivity index (χ2v) is 27.4. The Morgan fingerprint density at radius 1 is 0.290 bits per heavy atom. The van der Waals surface area contributed by atoms with Gasteiger partial charge in [0.25, 0.3) is 0 Å². The van der Waals surface area contributed by atoms with E-state index in [1.807, 2.05) is 30.4 Å². The summed E-state index contributed by atoms with van der Waals surface area (Å²) >= 11 is 0. The van der Waals surface area contributed by atoms with E-state index in [2.05, 4.69) is 155 Å². The van der Waals surface area contributed by atoms with E-state index in [9.17, 15) is 43.2 Å². The summed E-state index contributed by atoms with van der Waals surface area (Å²) in [7, 11) is -9.99. The number of rotatable bonds is 69. The molecule has 0 aliphatic carbocycles. The van der Waals surface area contributed by atoms with Crippen molar-refractivity contribution in [3.05, 3.63) is 158 Å². The summed E-state index contributed by atoms with van der Waals surface area (Å²) in [5, 5.41) is 10.6. The molecule has 0 radical (unpaired) electrons. The van der Waals surface area contributed by atoms with Gasteiger partial charge in [-0.3, -0.25) is 37.3 Å².